The Morgan fingerprint density at radius 3 is 2.41 bits per heavy atom. The van der Waals surface area contributed by atoms with Crippen LogP contribution in [0, 0.1) is 17.8 Å². The third kappa shape index (κ3) is 6.08. The van der Waals surface area contributed by atoms with Gasteiger partial charge in [0.1, 0.15) is 24.3 Å². The number of aliphatic hydroxyl groups is 2. The van der Waals surface area contributed by atoms with Crippen LogP contribution in [0.4, 0.5) is 0 Å². The van der Waals surface area contributed by atoms with Gasteiger partial charge >= 0.3 is 0 Å². The smallest absolute Gasteiger partial charge is 0.223 e. The van der Waals surface area contributed by atoms with Crippen molar-refractivity contribution in [1.29, 1.82) is 0 Å². The Kier molecular flexibility index (Phi) is 7.87. The Bertz CT molecular complexity index is 1470. The third-order valence-corrected chi connectivity index (χ3v) is 7.14. The highest BCUT2D eigenvalue weighted by Gasteiger charge is 2.35. The zero-order valence-electron chi connectivity index (χ0n) is 22.0. The molecule has 39 heavy (non-hydrogen) atoms. The lowest BCUT2D eigenvalue weighted by Crippen LogP contribution is -2.37. The maximum absolute atomic E-state index is 12.4. The number of hydrogen-bond acceptors (Lipinski definition) is 6. The summed E-state index contributed by atoms with van der Waals surface area (Å²) in [4.78, 5) is 20.7. The molecule has 0 radical (unpaired) electrons. The number of aromatic nitrogens is 5. The molecule has 0 aliphatic heterocycles. The van der Waals surface area contributed by atoms with Gasteiger partial charge in [0.2, 0.25) is 5.91 Å². The van der Waals surface area contributed by atoms with Crippen LogP contribution in [0.3, 0.4) is 0 Å². The van der Waals surface area contributed by atoms with Gasteiger partial charge in [-0.25, -0.2) is 9.97 Å². The number of carbonyl (C=O) groups is 1. The lowest BCUT2D eigenvalue weighted by atomic mass is 9.71. The van der Waals surface area contributed by atoms with Gasteiger partial charge in [0.15, 0.2) is 5.82 Å². The molecule has 1 saturated carbocycles. The second-order valence-corrected chi connectivity index (χ2v) is 9.95. The molecule has 1 aliphatic carbocycles. The average molecular weight is 525 g/mol. The predicted octanol–water partition coefficient (Wildman–Crippen LogP) is 3.13. The number of benzene rings is 2. The largest absolute Gasteiger partial charge is 0.393 e. The van der Waals surface area contributed by atoms with Crippen LogP contribution in [0.2, 0.25) is 0 Å². The zero-order chi connectivity index (χ0) is 27.4. The standard InChI is InChI=1S/C30H32N6O3/c1-20(38)29-31-13-14-36(29)27(18-37)12-5-21-3-6-22(7-4-21)23-8-10-24(11-9-23)25-15-26(16-25)30(39)32-17-28-33-19-35(2)34-28/h3-4,6-11,13-14,19-20,25-27,37-38H,15-18H2,1-2H3,(H,32,39)/t20-,25?,26?,27-/m0/s1. The van der Waals surface area contributed by atoms with Gasteiger partial charge in [-0.05, 0) is 54.5 Å². The van der Waals surface area contributed by atoms with Crippen molar-refractivity contribution < 1.29 is 15.0 Å². The van der Waals surface area contributed by atoms with E-state index in [4.69, 9.17) is 0 Å². The zero-order valence-corrected chi connectivity index (χ0v) is 22.0. The van der Waals surface area contributed by atoms with Gasteiger partial charge in [-0.3, -0.25) is 9.48 Å². The van der Waals surface area contributed by atoms with E-state index < -0.39 is 12.1 Å². The van der Waals surface area contributed by atoms with Gasteiger partial charge in [-0.15, -0.1) is 0 Å². The minimum absolute atomic E-state index is 0.0323. The summed E-state index contributed by atoms with van der Waals surface area (Å²) in [5, 5.41) is 26.8. The number of carbonyl (C=O) groups excluding carboxylic acids is 1. The summed E-state index contributed by atoms with van der Waals surface area (Å²) in [5.74, 6) is 7.78. The Morgan fingerprint density at radius 2 is 1.79 bits per heavy atom. The number of imidazole rings is 1. The average Bonchev–Trinajstić information content (AvgIpc) is 3.57. The fraction of sp³-hybridized carbons (Fsp3) is 0.333. The number of rotatable bonds is 8. The van der Waals surface area contributed by atoms with Crippen LogP contribution in [0.1, 0.15) is 60.6 Å². The Morgan fingerprint density at radius 1 is 1.10 bits per heavy atom. The summed E-state index contributed by atoms with van der Waals surface area (Å²) in [7, 11) is 1.80. The van der Waals surface area contributed by atoms with Gasteiger partial charge in [0.25, 0.3) is 0 Å². The van der Waals surface area contributed by atoms with Crippen molar-refractivity contribution in [2.45, 2.75) is 44.4 Å². The quantitative estimate of drug-likeness (QED) is 0.305. The van der Waals surface area contributed by atoms with Crippen molar-refractivity contribution in [2.24, 2.45) is 13.0 Å². The summed E-state index contributed by atoms with van der Waals surface area (Å²) in [6.07, 6.45) is 5.88. The molecule has 3 N–H and O–H groups in total. The van der Waals surface area contributed by atoms with Gasteiger partial charge < -0.3 is 20.1 Å². The van der Waals surface area contributed by atoms with E-state index in [1.54, 1.807) is 41.9 Å². The number of nitrogens with one attached hydrogen (secondary N) is 1. The van der Waals surface area contributed by atoms with Crippen molar-refractivity contribution in [2.75, 3.05) is 6.61 Å². The fourth-order valence-corrected chi connectivity index (χ4v) is 4.85. The molecule has 2 aromatic carbocycles. The van der Waals surface area contributed by atoms with E-state index >= 15 is 0 Å². The SMILES string of the molecule is C[C@H](O)c1nccn1[C@@H](C#Cc1ccc(-c2ccc(C3CC(C(=O)NCc4ncn(C)n4)C3)cc2)cc1)CO. The number of aliphatic hydroxyl groups excluding tert-OH is 2. The highest BCUT2D eigenvalue weighted by atomic mass is 16.3. The van der Waals surface area contributed by atoms with E-state index in [1.165, 1.54) is 5.56 Å². The van der Waals surface area contributed by atoms with Crippen LogP contribution < -0.4 is 5.32 Å². The second-order valence-electron chi connectivity index (χ2n) is 9.95. The van der Waals surface area contributed by atoms with Crippen LogP contribution in [-0.4, -0.2) is 47.0 Å². The normalized spacial score (nSPS) is 17.9. The molecule has 0 bridgehead atoms. The van der Waals surface area contributed by atoms with E-state index in [2.05, 4.69) is 56.5 Å². The fourth-order valence-electron chi connectivity index (χ4n) is 4.85. The van der Waals surface area contributed by atoms with Crippen molar-refractivity contribution in [3.05, 3.63) is 90.0 Å². The van der Waals surface area contributed by atoms with Crippen molar-refractivity contribution in [3.8, 4) is 23.0 Å². The first-order chi connectivity index (χ1) is 18.9. The molecule has 2 aromatic heterocycles. The van der Waals surface area contributed by atoms with E-state index in [1.807, 2.05) is 24.3 Å². The molecule has 0 spiro atoms. The highest BCUT2D eigenvalue weighted by molar-refractivity contribution is 5.79. The molecule has 0 saturated heterocycles. The molecule has 2 heterocycles. The van der Waals surface area contributed by atoms with E-state index in [9.17, 15) is 15.0 Å². The monoisotopic (exact) mass is 524 g/mol. The number of amides is 1. The number of nitrogens with zero attached hydrogens (tertiary/aromatic N) is 5. The summed E-state index contributed by atoms with van der Waals surface area (Å²) < 4.78 is 3.32. The molecular formula is C30H32N6O3. The molecule has 9 heteroatoms. The van der Waals surface area contributed by atoms with Gasteiger partial charge in [-0.1, -0.05) is 48.2 Å². The number of hydrogen-bond donors (Lipinski definition) is 3. The van der Waals surface area contributed by atoms with Crippen LogP contribution in [-0.2, 0) is 18.4 Å². The van der Waals surface area contributed by atoms with Crippen LogP contribution in [0.15, 0.2) is 67.3 Å². The van der Waals surface area contributed by atoms with Crippen LogP contribution >= 0.6 is 0 Å². The van der Waals surface area contributed by atoms with Gasteiger partial charge in [0.05, 0.1) is 13.2 Å². The topological polar surface area (TPSA) is 118 Å². The number of aryl methyl sites for hydroxylation is 1. The molecule has 200 valence electrons. The Hall–Kier alpha value is -4.26. The molecule has 1 amide bonds. The molecule has 2 atom stereocenters. The van der Waals surface area contributed by atoms with E-state index in [-0.39, 0.29) is 18.4 Å². The predicted molar refractivity (Wildman–Crippen MR) is 146 cm³/mol. The first-order valence-electron chi connectivity index (χ1n) is 13.1. The minimum Gasteiger partial charge on any atom is -0.393 e. The molecule has 4 aromatic rings. The Labute approximate surface area is 227 Å². The van der Waals surface area contributed by atoms with Crippen molar-refractivity contribution in [3.63, 3.8) is 0 Å². The lowest BCUT2D eigenvalue weighted by molar-refractivity contribution is -0.128. The van der Waals surface area contributed by atoms with E-state index in [0.717, 1.165) is 29.5 Å². The summed E-state index contributed by atoms with van der Waals surface area (Å²) in [6, 6.07) is 16.0. The highest BCUT2D eigenvalue weighted by Crippen LogP contribution is 2.42. The second kappa shape index (κ2) is 11.6. The molecule has 5 rings (SSSR count). The van der Waals surface area contributed by atoms with Gasteiger partial charge in [-0.2, -0.15) is 5.10 Å². The molecule has 1 fully saturated rings. The first kappa shape index (κ1) is 26.4. The Balaban J connectivity index is 1.15. The minimum atomic E-state index is -0.743. The van der Waals surface area contributed by atoms with Crippen LogP contribution in [0.25, 0.3) is 11.1 Å². The van der Waals surface area contributed by atoms with Crippen LogP contribution in [0.5, 0.6) is 0 Å². The summed E-state index contributed by atoms with van der Waals surface area (Å²) in [6.45, 7) is 1.82. The molecule has 9 nitrogen and oxygen atoms in total. The molecule has 0 unspecified atom stereocenters. The first-order valence-corrected chi connectivity index (χ1v) is 13.1. The lowest BCUT2D eigenvalue weighted by Gasteiger charge is -2.34. The van der Waals surface area contributed by atoms with Crippen molar-refractivity contribution in [1.82, 2.24) is 29.6 Å². The van der Waals surface area contributed by atoms with Gasteiger partial charge in [0, 0.05) is 30.9 Å². The van der Waals surface area contributed by atoms with E-state index in [0.29, 0.717) is 24.1 Å². The molecule has 1 aliphatic rings. The maximum Gasteiger partial charge on any atom is 0.223 e. The van der Waals surface area contributed by atoms with Crippen molar-refractivity contribution >= 4 is 5.91 Å². The maximum atomic E-state index is 12.4. The third-order valence-electron chi connectivity index (χ3n) is 7.14. The summed E-state index contributed by atoms with van der Waals surface area (Å²) in [5.41, 5.74) is 4.29. The molecular weight excluding hydrogens is 492 g/mol. The summed E-state index contributed by atoms with van der Waals surface area (Å²) >= 11 is 0.